The van der Waals surface area contributed by atoms with Gasteiger partial charge in [0.05, 0.1) is 0 Å². The molecule has 1 aliphatic carbocycles. The maximum Gasteiger partial charge on any atom is 0.251 e. The van der Waals surface area contributed by atoms with Gasteiger partial charge in [-0.1, -0.05) is 52.2 Å². The minimum absolute atomic E-state index is 0.0766. The average Bonchev–Trinajstić information content (AvgIpc) is 2.66. The van der Waals surface area contributed by atoms with E-state index in [4.69, 9.17) is 0 Å². The Morgan fingerprint density at radius 1 is 1.04 bits per heavy atom. The van der Waals surface area contributed by atoms with Crippen LogP contribution >= 0.6 is 0 Å². The van der Waals surface area contributed by atoms with Gasteiger partial charge in [-0.15, -0.1) is 0 Å². The zero-order valence-corrected chi connectivity index (χ0v) is 17.1. The van der Waals surface area contributed by atoms with E-state index in [1.54, 1.807) is 0 Å². The normalized spacial score (nSPS) is 22.9. The summed E-state index contributed by atoms with van der Waals surface area (Å²) >= 11 is 0. The third-order valence-electron chi connectivity index (χ3n) is 6.28. The second-order valence-corrected chi connectivity index (χ2v) is 9.27. The molecule has 1 saturated heterocycles. The fourth-order valence-electron chi connectivity index (χ4n) is 4.49. The van der Waals surface area contributed by atoms with Gasteiger partial charge in [-0.05, 0) is 47.8 Å². The van der Waals surface area contributed by atoms with E-state index >= 15 is 0 Å². The van der Waals surface area contributed by atoms with Gasteiger partial charge in [0.25, 0.3) is 5.91 Å². The Morgan fingerprint density at radius 2 is 1.70 bits per heavy atom. The van der Waals surface area contributed by atoms with Crippen LogP contribution in [0.4, 0.5) is 0 Å². The van der Waals surface area contributed by atoms with Crippen LogP contribution in [0.3, 0.4) is 0 Å². The maximum atomic E-state index is 12.5. The molecule has 1 aromatic carbocycles. The number of carbonyl (C=O) groups excluding carboxylic acids is 2. The predicted octanol–water partition coefficient (Wildman–Crippen LogP) is 4.14. The zero-order valence-electron chi connectivity index (χ0n) is 17.1. The van der Waals surface area contributed by atoms with E-state index in [1.807, 2.05) is 29.2 Å². The molecule has 3 rings (SSSR count). The molecular weight excluding hydrogens is 336 g/mol. The van der Waals surface area contributed by atoms with Crippen LogP contribution in [-0.4, -0.2) is 36.3 Å². The van der Waals surface area contributed by atoms with Gasteiger partial charge < -0.3 is 10.2 Å². The van der Waals surface area contributed by atoms with E-state index < -0.39 is 0 Å². The summed E-state index contributed by atoms with van der Waals surface area (Å²) in [4.78, 5) is 26.9. The Bertz CT molecular complexity index is 660. The van der Waals surface area contributed by atoms with Gasteiger partial charge in [0.1, 0.15) is 0 Å². The molecule has 1 saturated carbocycles. The van der Waals surface area contributed by atoms with Crippen LogP contribution in [0, 0.1) is 11.8 Å². The van der Waals surface area contributed by atoms with E-state index in [-0.39, 0.29) is 17.2 Å². The van der Waals surface area contributed by atoms with Gasteiger partial charge in [-0.2, -0.15) is 0 Å². The molecule has 1 aromatic rings. The van der Waals surface area contributed by atoms with Gasteiger partial charge in [0.15, 0.2) is 0 Å². The highest BCUT2D eigenvalue weighted by Gasteiger charge is 2.32. The molecule has 2 amide bonds. The average molecular weight is 371 g/mol. The van der Waals surface area contributed by atoms with Crippen LogP contribution in [0.2, 0.25) is 0 Å². The van der Waals surface area contributed by atoms with E-state index in [9.17, 15) is 9.59 Å². The first-order chi connectivity index (χ1) is 12.8. The fourth-order valence-corrected chi connectivity index (χ4v) is 4.49. The van der Waals surface area contributed by atoms with Gasteiger partial charge in [0, 0.05) is 31.6 Å². The molecule has 2 fully saturated rings. The van der Waals surface area contributed by atoms with Crippen LogP contribution < -0.4 is 5.32 Å². The number of benzene rings is 1. The monoisotopic (exact) mass is 370 g/mol. The second kappa shape index (κ2) is 8.45. The first-order valence-electron chi connectivity index (χ1n) is 10.5. The molecule has 148 valence electrons. The van der Waals surface area contributed by atoms with Crippen LogP contribution in [0.25, 0.3) is 0 Å². The van der Waals surface area contributed by atoms with Gasteiger partial charge in [-0.3, -0.25) is 9.59 Å². The van der Waals surface area contributed by atoms with Crippen LogP contribution in [-0.2, 0) is 10.2 Å². The highest BCUT2D eigenvalue weighted by atomic mass is 16.2. The molecule has 0 unspecified atom stereocenters. The number of hydrogen-bond acceptors (Lipinski definition) is 2. The molecule has 0 aromatic heterocycles. The first kappa shape index (κ1) is 19.9. The lowest BCUT2D eigenvalue weighted by Gasteiger charge is -2.41. The van der Waals surface area contributed by atoms with Crippen molar-refractivity contribution in [1.82, 2.24) is 10.2 Å². The van der Waals surface area contributed by atoms with Gasteiger partial charge in [-0.25, -0.2) is 0 Å². The smallest absolute Gasteiger partial charge is 0.251 e. The largest absolute Gasteiger partial charge is 0.352 e. The third kappa shape index (κ3) is 5.12. The van der Waals surface area contributed by atoms with Gasteiger partial charge in [0.2, 0.25) is 5.91 Å². The number of nitrogens with one attached hydrogen (secondary N) is 1. The molecule has 27 heavy (non-hydrogen) atoms. The third-order valence-corrected chi connectivity index (χ3v) is 6.28. The number of piperidine rings is 1. The molecule has 0 bridgehead atoms. The Labute approximate surface area is 163 Å². The lowest BCUT2D eigenvalue weighted by Crippen LogP contribution is -2.45. The summed E-state index contributed by atoms with van der Waals surface area (Å²) in [5, 5.41) is 2.90. The molecule has 1 heterocycles. The van der Waals surface area contributed by atoms with E-state index in [1.165, 1.54) is 31.2 Å². The van der Waals surface area contributed by atoms with Crippen LogP contribution in [0.5, 0.6) is 0 Å². The topological polar surface area (TPSA) is 49.4 Å². The van der Waals surface area contributed by atoms with Crippen molar-refractivity contribution in [3.8, 4) is 0 Å². The molecular formula is C23H34N2O2. The molecule has 0 radical (unpaired) electrons. The Morgan fingerprint density at radius 3 is 2.37 bits per heavy atom. The number of likely N-dealkylation sites (tertiary alicyclic amines) is 1. The standard InChI is InChI=1S/C23H34N2O2/c1-23(2,3)20-10-8-18(9-11-20)22(27)24-14-12-21(26)25-15-13-17-6-4-5-7-19(17)16-25/h8-11,17,19H,4-7,12-16H2,1-3H3,(H,24,27)/t17-,19+/m0/s1. The minimum Gasteiger partial charge on any atom is -0.352 e. The SMILES string of the molecule is CC(C)(C)c1ccc(C(=O)NCCC(=O)N2CC[C@@H]3CCCC[C@@H]3C2)cc1. The Hall–Kier alpha value is -1.84. The van der Waals surface area contributed by atoms with Crippen molar-refractivity contribution in [1.29, 1.82) is 0 Å². The van der Waals surface area contributed by atoms with Crippen LogP contribution in [0.15, 0.2) is 24.3 Å². The zero-order chi connectivity index (χ0) is 19.4. The Balaban J connectivity index is 1.43. The van der Waals surface area contributed by atoms with E-state index in [0.29, 0.717) is 24.4 Å². The molecule has 2 atom stereocenters. The highest BCUT2D eigenvalue weighted by Crippen LogP contribution is 2.36. The van der Waals surface area contributed by atoms with Crippen molar-refractivity contribution in [3.05, 3.63) is 35.4 Å². The van der Waals surface area contributed by atoms with Crippen molar-refractivity contribution in [3.63, 3.8) is 0 Å². The number of nitrogens with zero attached hydrogens (tertiary/aromatic N) is 1. The first-order valence-corrected chi connectivity index (χ1v) is 10.5. The summed E-state index contributed by atoms with van der Waals surface area (Å²) in [6.45, 7) is 8.69. The summed E-state index contributed by atoms with van der Waals surface area (Å²) in [7, 11) is 0. The molecule has 1 N–H and O–H groups in total. The summed E-state index contributed by atoms with van der Waals surface area (Å²) in [6.07, 6.45) is 6.84. The predicted molar refractivity (Wildman–Crippen MR) is 109 cm³/mol. The van der Waals surface area contributed by atoms with Gasteiger partial charge >= 0.3 is 0 Å². The highest BCUT2D eigenvalue weighted by molar-refractivity contribution is 5.94. The number of carbonyl (C=O) groups is 2. The van der Waals surface area contributed by atoms with Crippen molar-refractivity contribution in [2.75, 3.05) is 19.6 Å². The summed E-state index contributed by atoms with van der Waals surface area (Å²) in [6, 6.07) is 7.75. The Kier molecular flexibility index (Phi) is 6.23. The van der Waals surface area contributed by atoms with Crippen molar-refractivity contribution >= 4 is 11.8 Å². The van der Waals surface area contributed by atoms with E-state index in [0.717, 1.165) is 25.4 Å². The molecule has 1 aliphatic heterocycles. The minimum atomic E-state index is -0.103. The lowest BCUT2D eigenvalue weighted by atomic mass is 9.75. The molecule has 2 aliphatic rings. The van der Waals surface area contributed by atoms with Crippen molar-refractivity contribution in [2.24, 2.45) is 11.8 Å². The fraction of sp³-hybridized carbons (Fsp3) is 0.652. The number of amides is 2. The summed E-state index contributed by atoms with van der Waals surface area (Å²) < 4.78 is 0. The molecule has 4 nitrogen and oxygen atoms in total. The number of hydrogen-bond donors (Lipinski definition) is 1. The summed E-state index contributed by atoms with van der Waals surface area (Å²) in [5.41, 5.74) is 1.94. The number of rotatable bonds is 4. The molecule has 4 heteroatoms. The second-order valence-electron chi connectivity index (χ2n) is 9.27. The van der Waals surface area contributed by atoms with Crippen LogP contribution in [0.1, 0.15) is 75.2 Å². The van der Waals surface area contributed by atoms with Crippen molar-refractivity contribution < 1.29 is 9.59 Å². The molecule has 0 spiro atoms. The van der Waals surface area contributed by atoms with E-state index in [2.05, 4.69) is 26.1 Å². The lowest BCUT2D eigenvalue weighted by molar-refractivity contribution is -0.134. The van der Waals surface area contributed by atoms with Crippen molar-refractivity contribution in [2.45, 2.75) is 64.7 Å². The number of fused-ring (bicyclic) bond motifs is 1. The quantitative estimate of drug-likeness (QED) is 0.866. The maximum absolute atomic E-state index is 12.5. The summed E-state index contributed by atoms with van der Waals surface area (Å²) in [5.74, 6) is 1.61.